The molecule has 3 N–H and O–H groups in total. The molecule has 0 saturated carbocycles. The Kier molecular flexibility index (Phi) is 3.49. The van der Waals surface area contributed by atoms with Gasteiger partial charge < -0.3 is 16.0 Å². The first-order chi connectivity index (χ1) is 9.65. The number of likely N-dealkylation sites (tertiary alicyclic amines) is 1. The van der Waals surface area contributed by atoms with Gasteiger partial charge in [0, 0.05) is 47.1 Å². The van der Waals surface area contributed by atoms with Crippen molar-refractivity contribution in [3.63, 3.8) is 0 Å². The molecule has 20 heavy (non-hydrogen) atoms. The number of benzene rings is 1. The van der Waals surface area contributed by atoms with Gasteiger partial charge in [-0.1, -0.05) is 6.92 Å². The van der Waals surface area contributed by atoms with Crippen molar-refractivity contribution in [2.45, 2.75) is 19.4 Å². The largest absolute Gasteiger partial charge is 0.398 e. The van der Waals surface area contributed by atoms with E-state index in [2.05, 4.69) is 35.2 Å². The molecule has 0 aliphatic carbocycles. The number of rotatable bonds is 2. The monoisotopic (exact) mass is 270 g/mol. The fourth-order valence-corrected chi connectivity index (χ4v) is 3.11. The number of pyridine rings is 1. The van der Waals surface area contributed by atoms with Gasteiger partial charge in [-0.3, -0.25) is 4.98 Å². The standard InChI is InChI=1S/C16H22N4/c1-11-10-20(2)8-6-15(11)19-16-4-3-14(17)13-9-18-7-5-12(13)16/h3-5,7,9,11,15,19H,6,8,10,17H2,1-2H3. The molecule has 1 saturated heterocycles. The summed E-state index contributed by atoms with van der Waals surface area (Å²) >= 11 is 0. The Morgan fingerprint density at radius 3 is 2.95 bits per heavy atom. The molecular weight excluding hydrogens is 248 g/mol. The van der Waals surface area contributed by atoms with Crippen molar-refractivity contribution in [1.29, 1.82) is 0 Å². The third-order valence-electron chi connectivity index (χ3n) is 4.30. The second-order valence-corrected chi connectivity index (χ2v) is 5.90. The SMILES string of the molecule is CC1CN(C)CCC1Nc1ccc(N)c2cnccc12. The summed E-state index contributed by atoms with van der Waals surface area (Å²) < 4.78 is 0. The van der Waals surface area contributed by atoms with Gasteiger partial charge in [0.05, 0.1) is 0 Å². The van der Waals surface area contributed by atoms with Crippen LogP contribution in [0.15, 0.2) is 30.6 Å². The number of nitrogens with two attached hydrogens (primary N) is 1. The zero-order chi connectivity index (χ0) is 14.1. The summed E-state index contributed by atoms with van der Waals surface area (Å²) in [4.78, 5) is 6.57. The van der Waals surface area contributed by atoms with Crippen LogP contribution in [0.5, 0.6) is 0 Å². The lowest BCUT2D eigenvalue weighted by molar-refractivity contribution is 0.206. The Morgan fingerprint density at radius 2 is 2.15 bits per heavy atom. The summed E-state index contributed by atoms with van der Waals surface area (Å²) in [5.41, 5.74) is 7.98. The van der Waals surface area contributed by atoms with Crippen LogP contribution in [-0.2, 0) is 0 Å². The topological polar surface area (TPSA) is 54.2 Å². The maximum atomic E-state index is 6.03. The quantitative estimate of drug-likeness (QED) is 0.824. The number of nitrogens with zero attached hydrogens (tertiary/aromatic N) is 2. The summed E-state index contributed by atoms with van der Waals surface area (Å²) in [7, 11) is 2.19. The molecule has 1 aliphatic heterocycles. The van der Waals surface area contributed by atoms with Crippen molar-refractivity contribution in [3.8, 4) is 0 Å². The number of hydrogen-bond donors (Lipinski definition) is 2. The van der Waals surface area contributed by atoms with Gasteiger partial charge in [0.1, 0.15) is 0 Å². The molecule has 1 aromatic heterocycles. The number of hydrogen-bond acceptors (Lipinski definition) is 4. The van der Waals surface area contributed by atoms with Crippen LogP contribution in [0.3, 0.4) is 0 Å². The summed E-state index contributed by atoms with van der Waals surface area (Å²) in [6.07, 6.45) is 4.84. The number of aromatic nitrogens is 1. The third kappa shape index (κ3) is 2.43. The maximum absolute atomic E-state index is 6.03. The summed E-state index contributed by atoms with van der Waals surface area (Å²) in [5.74, 6) is 0.642. The predicted molar refractivity (Wildman–Crippen MR) is 84.8 cm³/mol. The lowest BCUT2D eigenvalue weighted by atomic mass is 9.93. The van der Waals surface area contributed by atoms with E-state index in [1.54, 1.807) is 0 Å². The van der Waals surface area contributed by atoms with Crippen LogP contribution in [0.2, 0.25) is 0 Å². The van der Waals surface area contributed by atoms with E-state index in [1.165, 1.54) is 6.42 Å². The van der Waals surface area contributed by atoms with Crippen molar-refractivity contribution in [2.75, 3.05) is 31.2 Å². The first-order valence-corrected chi connectivity index (χ1v) is 7.22. The molecule has 1 aliphatic rings. The lowest BCUT2D eigenvalue weighted by Crippen LogP contribution is -2.43. The van der Waals surface area contributed by atoms with E-state index in [4.69, 9.17) is 5.73 Å². The third-order valence-corrected chi connectivity index (χ3v) is 4.30. The maximum Gasteiger partial charge on any atom is 0.0424 e. The molecule has 2 heterocycles. The number of piperidine rings is 1. The van der Waals surface area contributed by atoms with E-state index in [1.807, 2.05) is 24.5 Å². The van der Waals surface area contributed by atoms with E-state index >= 15 is 0 Å². The molecule has 0 bridgehead atoms. The van der Waals surface area contributed by atoms with Crippen LogP contribution in [0.1, 0.15) is 13.3 Å². The highest BCUT2D eigenvalue weighted by Gasteiger charge is 2.24. The van der Waals surface area contributed by atoms with Crippen LogP contribution in [0.25, 0.3) is 10.8 Å². The fourth-order valence-electron chi connectivity index (χ4n) is 3.11. The molecule has 3 rings (SSSR count). The van der Waals surface area contributed by atoms with Crippen molar-refractivity contribution < 1.29 is 0 Å². The highest BCUT2D eigenvalue weighted by molar-refractivity contribution is 6.00. The highest BCUT2D eigenvalue weighted by Crippen LogP contribution is 2.29. The van der Waals surface area contributed by atoms with Crippen molar-refractivity contribution in [3.05, 3.63) is 30.6 Å². The normalized spacial score (nSPS) is 23.9. The molecule has 1 aromatic carbocycles. The first kappa shape index (κ1) is 13.2. The highest BCUT2D eigenvalue weighted by atomic mass is 15.1. The molecule has 2 unspecified atom stereocenters. The Hall–Kier alpha value is -1.81. The average molecular weight is 270 g/mol. The van der Waals surface area contributed by atoms with Crippen molar-refractivity contribution >= 4 is 22.1 Å². The van der Waals surface area contributed by atoms with E-state index in [0.29, 0.717) is 12.0 Å². The van der Waals surface area contributed by atoms with Gasteiger partial charge in [-0.05, 0) is 44.1 Å². The van der Waals surface area contributed by atoms with Gasteiger partial charge in [0.2, 0.25) is 0 Å². The molecule has 2 aromatic rings. The van der Waals surface area contributed by atoms with Gasteiger partial charge >= 0.3 is 0 Å². The minimum atomic E-state index is 0.520. The zero-order valence-corrected chi connectivity index (χ0v) is 12.1. The van der Waals surface area contributed by atoms with Gasteiger partial charge in [0.25, 0.3) is 0 Å². The molecule has 4 heteroatoms. The first-order valence-electron chi connectivity index (χ1n) is 7.22. The Balaban J connectivity index is 1.90. The second kappa shape index (κ2) is 5.29. The van der Waals surface area contributed by atoms with Gasteiger partial charge in [-0.15, -0.1) is 0 Å². The van der Waals surface area contributed by atoms with Crippen LogP contribution in [0, 0.1) is 5.92 Å². The Bertz CT molecular complexity index is 610. The smallest absolute Gasteiger partial charge is 0.0424 e. The second-order valence-electron chi connectivity index (χ2n) is 5.90. The van der Waals surface area contributed by atoms with E-state index < -0.39 is 0 Å². The van der Waals surface area contributed by atoms with Gasteiger partial charge in [0.15, 0.2) is 0 Å². The number of anilines is 2. The molecule has 0 spiro atoms. The van der Waals surface area contributed by atoms with E-state index in [9.17, 15) is 0 Å². The zero-order valence-electron chi connectivity index (χ0n) is 12.1. The van der Waals surface area contributed by atoms with Crippen LogP contribution < -0.4 is 11.1 Å². The summed E-state index contributed by atoms with van der Waals surface area (Å²) in [6, 6.07) is 6.61. The molecule has 0 amide bonds. The summed E-state index contributed by atoms with van der Waals surface area (Å²) in [5, 5.41) is 5.90. The molecular formula is C16H22N4. The Labute approximate surface area is 120 Å². The molecule has 4 nitrogen and oxygen atoms in total. The minimum Gasteiger partial charge on any atom is -0.398 e. The fraction of sp³-hybridized carbons (Fsp3) is 0.438. The number of fused-ring (bicyclic) bond motifs is 1. The molecule has 1 fully saturated rings. The minimum absolute atomic E-state index is 0.520. The number of nitrogen functional groups attached to an aromatic ring is 1. The number of nitrogens with one attached hydrogen (secondary N) is 1. The van der Waals surface area contributed by atoms with Crippen molar-refractivity contribution in [1.82, 2.24) is 9.88 Å². The molecule has 2 atom stereocenters. The van der Waals surface area contributed by atoms with Crippen LogP contribution in [0.4, 0.5) is 11.4 Å². The molecule has 0 radical (unpaired) electrons. The van der Waals surface area contributed by atoms with Gasteiger partial charge in [-0.2, -0.15) is 0 Å². The summed E-state index contributed by atoms with van der Waals surface area (Å²) in [6.45, 7) is 4.61. The lowest BCUT2D eigenvalue weighted by Gasteiger charge is -2.36. The van der Waals surface area contributed by atoms with Crippen LogP contribution in [-0.4, -0.2) is 36.1 Å². The van der Waals surface area contributed by atoms with Crippen molar-refractivity contribution in [2.24, 2.45) is 5.92 Å². The van der Waals surface area contributed by atoms with Crippen LogP contribution >= 0.6 is 0 Å². The van der Waals surface area contributed by atoms with E-state index in [-0.39, 0.29) is 0 Å². The average Bonchev–Trinajstić information content (AvgIpc) is 2.45. The van der Waals surface area contributed by atoms with Gasteiger partial charge in [-0.25, -0.2) is 0 Å². The Morgan fingerprint density at radius 1 is 1.30 bits per heavy atom. The molecule has 106 valence electrons. The van der Waals surface area contributed by atoms with E-state index in [0.717, 1.165) is 35.2 Å². The predicted octanol–water partition coefficient (Wildman–Crippen LogP) is 2.57.